The monoisotopic (exact) mass is 232 g/mol. The number of nitrogens with zero attached hydrogens (tertiary/aromatic N) is 1. The summed E-state index contributed by atoms with van der Waals surface area (Å²) >= 11 is 0. The first-order valence-electron chi connectivity index (χ1n) is 6.36. The van der Waals surface area contributed by atoms with Crippen LogP contribution in [-0.4, -0.2) is 29.9 Å². The maximum absolute atomic E-state index is 12.2. The van der Waals surface area contributed by atoms with Crippen LogP contribution in [0, 0.1) is 0 Å². The van der Waals surface area contributed by atoms with E-state index in [1.807, 2.05) is 36.1 Å². The fourth-order valence-corrected chi connectivity index (χ4v) is 2.10. The van der Waals surface area contributed by atoms with Crippen LogP contribution in [0.25, 0.3) is 0 Å². The Hall–Kier alpha value is -1.35. The molecular weight excluding hydrogens is 212 g/mol. The normalized spacial score (nSPS) is 14.7. The van der Waals surface area contributed by atoms with Gasteiger partial charge in [-0.25, -0.2) is 0 Å². The Morgan fingerprint density at radius 1 is 1.35 bits per heavy atom. The van der Waals surface area contributed by atoms with Crippen molar-refractivity contribution in [3.63, 3.8) is 0 Å². The maximum atomic E-state index is 12.2. The van der Waals surface area contributed by atoms with Gasteiger partial charge in [-0.15, -0.1) is 0 Å². The number of carbonyl (C=O) groups excluding carboxylic acids is 1. The third-order valence-electron chi connectivity index (χ3n) is 3.22. The van der Waals surface area contributed by atoms with Gasteiger partial charge in [0, 0.05) is 18.2 Å². The van der Waals surface area contributed by atoms with Gasteiger partial charge in [-0.1, -0.05) is 12.1 Å². The minimum Gasteiger partial charge on any atom is -0.336 e. The second-order valence-electron chi connectivity index (χ2n) is 4.56. The molecule has 3 nitrogen and oxygen atoms in total. The second-order valence-corrected chi connectivity index (χ2v) is 4.56. The van der Waals surface area contributed by atoms with Crippen molar-refractivity contribution in [2.24, 2.45) is 5.73 Å². The van der Waals surface area contributed by atoms with Crippen molar-refractivity contribution in [1.82, 2.24) is 4.90 Å². The Bertz CT molecular complexity index is 382. The lowest BCUT2D eigenvalue weighted by Crippen LogP contribution is -2.32. The van der Waals surface area contributed by atoms with E-state index in [4.69, 9.17) is 5.73 Å². The van der Waals surface area contributed by atoms with Gasteiger partial charge in [0.15, 0.2) is 0 Å². The molecule has 2 rings (SSSR count). The van der Waals surface area contributed by atoms with Gasteiger partial charge in [0.1, 0.15) is 0 Å². The molecule has 1 aromatic rings. The summed E-state index contributed by atoms with van der Waals surface area (Å²) in [6.45, 7) is 3.49. The predicted octanol–water partition coefficient (Wildman–Crippen LogP) is 1.81. The molecule has 3 heteroatoms. The van der Waals surface area contributed by atoms with Gasteiger partial charge < -0.3 is 10.6 Å². The van der Waals surface area contributed by atoms with Crippen molar-refractivity contribution >= 4 is 5.91 Å². The quantitative estimate of drug-likeness (QED) is 0.841. The van der Waals surface area contributed by atoms with Crippen molar-refractivity contribution in [2.75, 3.05) is 13.1 Å². The first-order chi connectivity index (χ1) is 8.26. The van der Waals surface area contributed by atoms with E-state index in [-0.39, 0.29) is 5.91 Å². The largest absolute Gasteiger partial charge is 0.336 e. The molecule has 1 aliphatic carbocycles. The molecule has 0 bridgehead atoms. The van der Waals surface area contributed by atoms with Gasteiger partial charge in [0.2, 0.25) is 0 Å². The molecule has 1 aliphatic rings. The molecule has 0 heterocycles. The van der Waals surface area contributed by atoms with Crippen LogP contribution >= 0.6 is 0 Å². The summed E-state index contributed by atoms with van der Waals surface area (Å²) in [5.74, 6) is 0.161. The first-order valence-corrected chi connectivity index (χ1v) is 6.36. The van der Waals surface area contributed by atoms with Crippen LogP contribution < -0.4 is 5.73 Å². The molecule has 17 heavy (non-hydrogen) atoms. The molecule has 1 aromatic carbocycles. The van der Waals surface area contributed by atoms with Crippen molar-refractivity contribution in [1.29, 1.82) is 0 Å². The molecule has 0 saturated heterocycles. The summed E-state index contributed by atoms with van der Waals surface area (Å²) in [5.41, 5.74) is 7.49. The lowest BCUT2D eigenvalue weighted by atomic mass is 10.1. The molecule has 1 saturated carbocycles. The third-order valence-corrected chi connectivity index (χ3v) is 3.22. The Kier molecular flexibility index (Phi) is 3.79. The summed E-state index contributed by atoms with van der Waals surface area (Å²) < 4.78 is 0. The van der Waals surface area contributed by atoms with Crippen LogP contribution in [0.2, 0.25) is 0 Å². The molecule has 92 valence electrons. The average Bonchev–Trinajstić information content (AvgIpc) is 3.16. The Morgan fingerprint density at radius 3 is 2.47 bits per heavy atom. The summed E-state index contributed by atoms with van der Waals surface area (Å²) in [6.07, 6.45) is 3.18. The zero-order chi connectivity index (χ0) is 12.3. The summed E-state index contributed by atoms with van der Waals surface area (Å²) in [7, 11) is 0. The van der Waals surface area contributed by atoms with Crippen LogP contribution in [-0.2, 0) is 6.42 Å². The number of hydrogen-bond donors (Lipinski definition) is 1. The Labute approximate surface area is 103 Å². The third kappa shape index (κ3) is 2.86. The molecule has 0 atom stereocenters. The van der Waals surface area contributed by atoms with Gasteiger partial charge in [-0.2, -0.15) is 0 Å². The fraction of sp³-hybridized carbons (Fsp3) is 0.500. The van der Waals surface area contributed by atoms with E-state index < -0.39 is 0 Å². The van der Waals surface area contributed by atoms with Crippen LogP contribution in [0.1, 0.15) is 35.7 Å². The Balaban J connectivity index is 2.07. The summed E-state index contributed by atoms with van der Waals surface area (Å²) in [4.78, 5) is 14.2. The zero-order valence-corrected chi connectivity index (χ0v) is 10.4. The zero-order valence-electron chi connectivity index (χ0n) is 10.4. The van der Waals surface area contributed by atoms with E-state index in [0.717, 1.165) is 31.4 Å². The number of rotatable bonds is 5. The SMILES string of the molecule is CCN(C(=O)c1ccc(CCN)cc1)C1CC1. The minimum absolute atomic E-state index is 0.161. The van der Waals surface area contributed by atoms with Gasteiger partial charge in [0.25, 0.3) is 5.91 Å². The molecule has 1 fully saturated rings. The molecule has 0 unspecified atom stereocenters. The topological polar surface area (TPSA) is 46.3 Å². The van der Waals surface area contributed by atoms with Crippen molar-refractivity contribution in [3.05, 3.63) is 35.4 Å². The smallest absolute Gasteiger partial charge is 0.254 e. The first kappa shape index (κ1) is 12.1. The number of carbonyl (C=O) groups is 1. The van der Waals surface area contributed by atoms with E-state index in [0.29, 0.717) is 12.6 Å². The van der Waals surface area contributed by atoms with Crippen molar-refractivity contribution in [3.8, 4) is 0 Å². The standard InChI is InChI=1S/C14H20N2O/c1-2-16(13-7-8-13)14(17)12-5-3-11(4-6-12)9-10-15/h3-6,13H,2,7-10,15H2,1H3. The lowest BCUT2D eigenvalue weighted by Gasteiger charge is -2.20. The summed E-state index contributed by atoms with van der Waals surface area (Å²) in [5, 5.41) is 0. The van der Waals surface area contributed by atoms with E-state index in [2.05, 4.69) is 0 Å². The minimum atomic E-state index is 0.161. The molecule has 0 spiro atoms. The fourth-order valence-electron chi connectivity index (χ4n) is 2.10. The van der Waals surface area contributed by atoms with Crippen molar-refractivity contribution < 1.29 is 4.79 Å². The maximum Gasteiger partial charge on any atom is 0.254 e. The van der Waals surface area contributed by atoms with Gasteiger partial charge in [-0.05, 0) is 50.4 Å². The van der Waals surface area contributed by atoms with Gasteiger partial charge in [-0.3, -0.25) is 4.79 Å². The van der Waals surface area contributed by atoms with Gasteiger partial charge in [0.05, 0.1) is 0 Å². The number of benzene rings is 1. The van der Waals surface area contributed by atoms with Crippen molar-refractivity contribution in [2.45, 2.75) is 32.2 Å². The second kappa shape index (κ2) is 5.32. The van der Waals surface area contributed by atoms with E-state index in [9.17, 15) is 4.79 Å². The average molecular weight is 232 g/mol. The highest BCUT2D eigenvalue weighted by molar-refractivity contribution is 5.94. The highest BCUT2D eigenvalue weighted by Crippen LogP contribution is 2.27. The highest BCUT2D eigenvalue weighted by Gasteiger charge is 2.31. The number of amides is 1. The molecule has 0 aromatic heterocycles. The lowest BCUT2D eigenvalue weighted by molar-refractivity contribution is 0.0752. The Morgan fingerprint density at radius 2 is 2.00 bits per heavy atom. The molecule has 0 radical (unpaired) electrons. The van der Waals surface area contributed by atoms with Crippen LogP contribution in [0.5, 0.6) is 0 Å². The van der Waals surface area contributed by atoms with Crippen LogP contribution in [0.4, 0.5) is 0 Å². The molecular formula is C14H20N2O. The molecule has 1 amide bonds. The number of nitrogens with two attached hydrogens (primary N) is 1. The summed E-state index contributed by atoms with van der Waals surface area (Å²) in [6, 6.07) is 8.31. The predicted molar refractivity (Wildman–Crippen MR) is 68.9 cm³/mol. The molecule has 0 aliphatic heterocycles. The van der Waals surface area contributed by atoms with Crippen LogP contribution in [0.3, 0.4) is 0 Å². The van der Waals surface area contributed by atoms with E-state index in [1.54, 1.807) is 0 Å². The van der Waals surface area contributed by atoms with Gasteiger partial charge >= 0.3 is 0 Å². The highest BCUT2D eigenvalue weighted by atomic mass is 16.2. The van der Waals surface area contributed by atoms with E-state index in [1.165, 1.54) is 5.56 Å². The van der Waals surface area contributed by atoms with E-state index >= 15 is 0 Å². The van der Waals surface area contributed by atoms with Crippen LogP contribution in [0.15, 0.2) is 24.3 Å². The molecule has 2 N–H and O–H groups in total. The number of hydrogen-bond acceptors (Lipinski definition) is 2.